The first kappa shape index (κ1) is 11.9. The van der Waals surface area contributed by atoms with Gasteiger partial charge in [0, 0.05) is 12.0 Å². The molecule has 1 aliphatic heterocycles. The molecule has 5 nitrogen and oxygen atoms in total. The molecule has 1 amide bonds. The van der Waals surface area contributed by atoms with Crippen molar-refractivity contribution >= 4 is 23.2 Å². The van der Waals surface area contributed by atoms with E-state index in [9.17, 15) is 14.4 Å². The third-order valence-corrected chi connectivity index (χ3v) is 3.53. The number of nitrogens with zero attached hydrogens (tertiary/aromatic N) is 1. The molecule has 2 aliphatic rings. The van der Waals surface area contributed by atoms with Crippen LogP contribution in [-0.2, 0) is 9.59 Å². The van der Waals surface area contributed by atoms with E-state index < -0.39 is 11.7 Å². The second kappa shape index (κ2) is 4.19. The minimum atomic E-state index is -0.628. The Bertz CT molecular complexity index is 589. The average Bonchev–Trinajstić information content (AvgIpc) is 3.24. The predicted molar refractivity (Wildman–Crippen MR) is 67.4 cm³/mol. The summed E-state index contributed by atoms with van der Waals surface area (Å²) in [7, 11) is 1.51. The molecule has 98 valence electrons. The smallest absolute Gasteiger partial charge is 0.299 e. The van der Waals surface area contributed by atoms with Crippen LogP contribution in [0.1, 0.15) is 23.2 Å². The topological polar surface area (TPSA) is 63.7 Å². The maximum atomic E-state index is 11.9. The lowest BCUT2D eigenvalue weighted by Gasteiger charge is -2.15. The molecule has 19 heavy (non-hydrogen) atoms. The van der Waals surface area contributed by atoms with Crippen LogP contribution in [0, 0.1) is 5.92 Å². The zero-order valence-corrected chi connectivity index (χ0v) is 10.5. The second-order valence-electron chi connectivity index (χ2n) is 4.84. The molecule has 0 aromatic heterocycles. The summed E-state index contributed by atoms with van der Waals surface area (Å²) in [5.74, 6) is -0.530. The minimum absolute atomic E-state index is 0.0184. The van der Waals surface area contributed by atoms with Crippen LogP contribution in [0.5, 0.6) is 5.75 Å². The Morgan fingerprint density at radius 2 is 2.11 bits per heavy atom. The van der Waals surface area contributed by atoms with E-state index in [4.69, 9.17) is 4.74 Å². The molecule has 0 unspecified atom stereocenters. The number of methoxy groups -OCH3 is 1. The van der Waals surface area contributed by atoms with Crippen molar-refractivity contribution in [2.45, 2.75) is 12.8 Å². The molecule has 0 N–H and O–H groups in total. The van der Waals surface area contributed by atoms with Gasteiger partial charge in [-0.25, -0.2) is 0 Å². The molecule has 0 bridgehead atoms. The van der Waals surface area contributed by atoms with Crippen LogP contribution in [-0.4, -0.2) is 31.1 Å². The quantitative estimate of drug-likeness (QED) is 0.762. The van der Waals surface area contributed by atoms with Crippen molar-refractivity contribution in [2.75, 3.05) is 18.6 Å². The maximum Gasteiger partial charge on any atom is 0.299 e. The van der Waals surface area contributed by atoms with E-state index in [1.807, 2.05) is 0 Å². The van der Waals surface area contributed by atoms with Gasteiger partial charge < -0.3 is 4.74 Å². The average molecular weight is 259 g/mol. The molecule has 0 atom stereocenters. The molecule has 1 aromatic rings. The lowest BCUT2D eigenvalue weighted by Crippen LogP contribution is -2.35. The van der Waals surface area contributed by atoms with Crippen molar-refractivity contribution in [3.63, 3.8) is 0 Å². The third-order valence-electron chi connectivity index (χ3n) is 3.53. The van der Waals surface area contributed by atoms with Crippen molar-refractivity contribution < 1.29 is 19.1 Å². The van der Waals surface area contributed by atoms with Crippen molar-refractivity contribution in [3.05, 3.63) is 23.8 Å². The van der Waals surface area contributed by atoms with Gasteiger partial charge in [0.15, 0.2) is 5.78 Å². The van der Waals surface area contributed by atoms with Gasteiger partial charge in [-0.1, -0.05) is 0 Å². The van der Waals surface area contributed by atoms with Gasteiger partial charge in [-0.15, -0.1) is 0 Å². The highest BCUT2D eigenvalue weighted by Crippen LogP contribution is 2.35. The standard InChI is InChI=1S/C14H13NO4/c1-19-9-4-5-10-11(6-9)15(14(18)13(10)17)7-12(16)8-2-3-8/h4-6,8H,2-3,7H2,1H3. The highest BCUT2D eigenvalue weighted by Gasteiger charge is 2.39. The number of rotatable bonds is 4. The fourth-order valence-corrected chi connectivity index (χ4v) is 2.25. The fourth-order valence-electron chi connectivity index (χ4n) is 2.25. The summed E-state index contributed by atoms with van der Waals surface area (Å²) in [4.78, 5) is 36.9. The minimum Gasteiger partial charge on any atom is -0.497 e. The number of hydrogen-bond donors (Lipinski definition) is 0. The van der Waals surface area contributed by atoms with Crippen LogP contribution in [0.4, 0.5) is 5.69 Å². The monoisotopic (exact) mass is 259 g/mol. The number of fused-ring (bicyclic) bond motifs is 1. The van der Waals surface area contributed by atoms with Crippen LogP contribution in [0.3, 0.4) is 0 Å². The first-order valence-corrected chi connectivity index (χ1v) is 6.18. The molecule has 0 spiro atoms. The van der Waals surface area contributed by atoms with E-state index in [1.54, 1.807) is 18.2 Å². The largest absolute Gasteiger partial charge is 0.497 e. The SMILES string of the molecule is COc1ccc2c(c1)N(CC(=O)C1CC1)C(=O)C2=O. The number of Topliss-reactive ketones (excluding diaryl/α,β-unsaturated/α-hetero) is 2. The van der Waals surface area contributed by atoms with Crippen molar-refractivity contribution in [1.29, 1.82) is 0 Å². The van der Waals surface area contributed by atoms with Crippen LogP contribution >= 0.6 is 0 Å². The van der Waals surface area contributed by atoms with Gasteiger partial charge in [0.25, 0.3) is 11.7 Å². The lowest BCUT2D eigenvalue weighted by molar-refractivity contribution is -0.121. The molecule has 1 aromatic carbocycles. The lowest BCUT2D eigenvalue weighted by atomic mass is 10.1. The first-order valence-electron chi connectivity index (χ1n) is 6.18. The molecule has 3 rings (SSSR count). The van der Waals surface area contributed by atoms with Gasteiger partial charge >= 0.3 is 0 Å². The normalized spacial score (nSPS) is 17.6. The number of anilines is 1. The Labute approximate surface area is 110 Å². The summed E-state index contributed by atoms with van der Waals surface area (Å²) < 4.78 is 5.09. The van der Waals surface area contributed by atoms with E-state index >= 15 is 0 Å². The van der Waals surface area contributed by atoms with Crippen LogP contribution < -0.4 is 9.64 Å². The summed E-state index contributed by atoms with van der Waals surface area (Å²) in [5.41, 5.74) is 0.817. The van der Waals surface area contributed by atoms with Gasteiger partial charge in [-0.05, 0) is 25.0 Å². The molecule has 1 heterocycles. The number of amides is 1. The zero-order chi connectivity index (χ0) is 13.6. The summed E-state index contributed by atoms with van der Waals surface area (Å²) in [6.45, 7) is -0.0184. The highest BCUT2D eigenvalue weighted by atomic mass is 16.5. The molecule has 5 heteroatoms. The zero-order valence-electron chi connectivity index (χ0n) is 10.5. The Morgan fingerprint density at radius 1 is 1.37 bits per heavy atom. The number of benzene rings is 1. The van der Waals surface area contributed by atoms with Crippen molar-refractivity contribution in [3.8, 4) is 5.75 Å². The van der Waals surface area contributed by atoms with E-state index in [0.29, 0.717) is 17.0 Å². The van der Waals surface area contributed by atoms with Crippen molar-refractivity contribution in [1.82, 2.24) is 0 Å². The molecule has 1 fully saturated rings. The molecular weight excluding hydrogens is 246 g/mol. The summed E-state index contributed by atoms with van der Waals surface area (Å²) in [5, 5.41) is 0. The van der Waals surface area contributed by atoms with Gasteiger partial charge in [0.05, 0.1) is 24.9 Å². The maximum absolute atomic E-state index is 11.9. The second-order valence-corrected chi connectivity index (χ2v) is 4.84. The fraction of sp³-hybridized carbons (Fsp3) is 0.357. The number of ether oxygens (including phenoxy) is 1. The van der Waals surface area contributed by atoms with Gasteiger partial charge in [-0.2, -0.15) is 0 Å². The number of hydrogen-bond acceptors (Lipinski definition) is 4. The van der Waals surface area contributed by atoms with Crippen molar-refractivity contribution in [2.24, 2.45) is 5.92 Å². The summed E-state index contributed by atoms with van der Waals surface area (Å²) in [6, 6.07) is 4.82. The first-order chi connectivity index (χ1) is 9.11. The van der Waals surface area contributed by atoms with E-state index in [0.717, 1.165) is 12.8 Å². The highest BCUT2D eigenvalue weighted by molar-refractivity contribution is 6.52. The third kappa shape index (κ3) is 1.91. The molecule has 0 radical (unpaired) electrons. The van der Waals surface area contributed by atoms with E-state index in [-0.39, 0.29) is 18.2 Å². The van der Waals surface area contributed by atoms with Crippen LogP contribution in [0.25, 0.3) is 0 Å². The Hall–Kier alpha value is -2.17. The van der Waals surface area contributed by atoms with Crippen LogP contribution in [0.15, 0.2) is 18.2 Å². The number of carbonyl (C=O) groups excluding carboxylic acids is 3. The Kier molecular flexibility index (Phi) is 2.62. The molecule has 1 saturated carbocycles. The number of ketones is 2. The van der Waals surface area contributed by atoms with Gasteiger partial charge in [0.1, 0.15) is 5.75 Å². The van der Waals surface area contributed by atoms with Crippen LogP contribution in [0.2, 0.25) is 0 Å². The van der Waals surface area contributed by atoms with E-state index in [1.165, 1.54) is 12.0 Å². The molecular formula is C14H13NO4. The predicted octanol–water partition coefficient (Wildman–Crippen LogP) is 1.20. The van der Waals surface area contributed by atoms with Gasteiger partial charge in [0.2, 0.25) is 0 Å². The van der Waals surface area contributed by atoms with Gasteiger partial charge in [-0.3, -0.25) is 19.3 Å². The Morgan fingerprint density at radius 3 is 2.74 bits per heavy atom. The molecule has 0 saturated heterocycles. The van der Waals surface area contributed by atoms with E-state index in [2.05, 4.69) is 0 Å². The number of carbonyl (C=O) groups is 3. The summed E-state index contributed by atoms with van der Waals surface area (Å²) >= 11 is 0. The molecule has 1 aliphatic carbocycles. The Balaban J connectivity index is 1.94. The summed E-state index contributed by atoms with van der Waals surface area (Å²) in [6.07, 6.45) is 1.78.